The van der Waals surface area contributed by atoms with Crippen LogP contribution in [-0.2, 0) is 6.42 Å². The lowest BCUT2D eigenvalue weighted by molar-refractivity contribution is 0.464. The van der Waals surface area contributed by atoms with Crippen LogP contribution in [0.1, 0.15) is 47.9 Å². The lowest BCUT2D eigenvalue weighted by Crippen LogP contribution is -2.19. The summed E-state index contributed by atoms with van der Waals surface area (Å²) in [5.74, 6) is 0.217. The minimum Gasteiger partial charge on any atom is -0.324 e. The van der Waals surface area contributed by atoms with Crippen molar-refractivity contribution in [3.05, 3.63) is 69.4 Å². The molecule has 1 aliphatic carbocycles. The predicted octanol–water partition coefficient (Wildman–Crippen LogP) is 5.10. The Morgan fingerprint density at radius 2 is 2.05 bits per heavy atom. The molecule has 2 unspecified atom stereocenters. The minimum absolute atomic E-state index is 0.221. The molecule has 0 saturated heterocycles. The summed E-state index contributed by atoms with van der Waals surface area (Å²) in [6.07, 6.45) is 4.28. The van der Waals surface area contributed by atoms with Crippen molar-refractivity contribution < 1.29 is 4.39 Å². The van der Waals surface area contributed by atoms with Gasteiger partial charge >= 0.3 is 0 Å². The van der Waals surface area contributed by atoms with Crippen LogP contribution >= 0.6 is 15.9 Å². The number of hydrogen-bond donors (Lipinski definition) is 1. The fraction of sp³-hybridized carbons (Fsp3) is 0.333. The molecule has 0 saturated carbocycles. The third-order valence-corrected chi connectivity index (χ3v) is 4.89. The third-order valence-electron chi connectivity index (χ3n) is 4.39. The predicted molar refractivity (Wildman–Crippen MR) is 87.8 cm³/mol. The van der Waals surface area contributed by atoms with Crippen LogP contribution in [0.4, 0.5) is 4.39 Å². The van der Waals surface area contributed by atoms with E-state index < -0.39 is 0 Å². The van der Waals surface area contributed by atoms with Gasteiger partial charge in [-0.25, -0.2) is 4.39 Å². The highest BCUT2D eigenvalue weighted by Crippen LogP contribution is 2.37. The number of benzene rings is 2. The largest absolute Gasteiger partial charge is 0.324 e. The SMILES string of the molecule is NC(CC1CCCc2ccccc21)c1ccc(Br)cc1F. The number of rotatable bonds is 3. The molecule has 3 heteroatoms. The highest BCUT2D eigenvalue weighted by molar-refractivity contribution is 9.10. The molecule has 0 aromatic heterocycles. The summed E-state index contributed by atoms with van der Waals surface area (Å²) < 4.78 is 14.8. The topological polar surface area (TPSA) is 26.0 Å². The Morgan fingerprint density at radius 1 is 1.24 bits per heavy atom. The third kappa shape index (κ3) is 3.19. The van der Waals surface area contributed by atoms with E-state index in [-0.39, 0.29) is 11.9 Å². The van der Waals surface area contributed by atoms with Crippen LogP contribution in [0.5, 0.6) is 0 Å². The van der Waals surface area contributed by atoms with Crippen molar-refractivity contribution in [1.29, 1.82) is 0 Å². The van der Waals surface area contributed by atoms with E-state index in [2.05, 4.69) is 40.2 Å². The van der Waals surface area contributed by atoms with Gasteiger partial charge in [-0.2, -0.15) is 0 Å². The van der Waals surface area contributed by atoms with E-state index in [9.17, 15) is 4.39 Å². The Labute approximate surface area is 133 Å². The van der Waals surface area contributed by atoms with Crippen LogP contribution < -0.4 is 5.73 Å². The fourth-order valence-electron chi connectivity index (χ4n) is 3.34. The molecule has 21 heavy (non-hydrogen) atoms. The molecule has 0 heterocycles. The first kappa shape index (κ1) is 14.7. The smallest absolute Gasteiger partial charge is 0.129 e. The van der Waals surface area contributed by atoms with Gasteiger partial charge in [0.05, 0.1) is 0 Å². The molecular formula is C18H19BrFN. The molecule has 2 aromatic carbocycles. The lowest BCUT2D eigenvalue weighted by Gasteiger charge is -2.28. The number of fused-ring (bicyclic) bond motifs is 1. The van der Waals surface area contributed by atoms with E-state index in [4.69, 9.17) is 5.73 Å². The van der Waals surface area contributed by atoms with E-state index in [1.807, 2.05) is 6.07 Å². The van der Waals surface area contributed by atoms with E-state index in [1.54, 1.807) is 6.07 Å². The first-order valence-corrected chi connectivity index (χ1v) is 8.23. The van der Waals surface area contributed by atoms with Crippen molar-refractivity contribution in [3.8, 4) is 0 Å². The first-order valence-electron chi connectivity index (χ1n) is 7.43. The quantitative estimate of drug-likeness (QED) is 0.821. The zero-order valence-electron chi connectivity index (χ0n) is 11.9. The number of nitrogens with two attached hydrogens (primary N) is 1. The lowest BCUT2D eigenvalue weighted by atomic mass is 9.79. The molecule has 1 nitrogen and oxygen atoms in total. The highest BCUT2D eigenvalue weighted by Gasteiger charge is 2.23. The van der Waals surface area contributed by atoms with E-state index >= 15 is 0 Å². The van der Waals surface area contributed by atoms with Gasteiger partial charge in [0.2, 0.25) is 0 Å². The van der Waals surface area contributed by atoms with Crippen LogP contribution in [0.15, 0.2) is 46.9 Å². The van der Waals surface area contributed by atoms with Crippen molar-refractivity contribution >= 4 is 15.9 Å². The van der Waals surface area contributed by atoms with Crippen LogP contribution in [0.3, 0.4) is 0 Å². The Morgan fingerprint density at radius 3 is 2.86 bits per heavy atom. The number of aryl methyl sites for hydroxylation is 1. The van der Waals surface area contributed by atoms with E-state index in [0.717, 1.165) is 23.7 Å². The van der Waals surface area contributed by atoms with Crippen LogP contribution in [0, 0.1) is 5.82 Å². The van der Waals surface area contributed by atoms with Crippen molar-refractivity contribution in [1.82, 2.24) is 0 Å². The molecule has 0 amide bonds. The zero-order valence-corrected chi connectivity index (χ0v) is 13.4. The minimum atomic E-state index is -0.255. The molecule has 0 spiro atoms. The zero-order chi connectivity index (χ0) is 14.8. The molecule has 2 aromatic rings. The number of halogens is 2. The maximum Gasteiger partial charge on any atom is 0.129 e. The summed E-state index contributed by atoms with van der Waals surface area (Å²) in [7, 11) is 0. The first-order chi connectivity index (χ1) is 10.1. The molecule has 3 rings (SSSR count). The summed E-state index contributed by atoms with van der Waals surface area (Å²) in [5, 5.41) is 0. The second kappa shape index (κ2) is 6.29. The molecular weight excluding hydrogens is 329 g/mol. The molecule has 0 radical (unpaired) electrons. The van der Waals surface area contributed by atoms with Gasteiger partial charge in [0, 0.05) is 16.1 Å². The summed E-state index contributed by atoms with van der Waals surface area (Å²) in [6.45, 7) is 0. The Hall–Kier alpha value is -1.19. The molecule has 2 atom stereocenters. The molecule has 0 fully saturated rings. The second-order valence-electron chi connectivity index (χ2n) is 5.80. The summed E-state index contributed by atoms with van der Waals surface area (Å²) in [4.78, 5) is 0. The van der Waals surface area contributed by atoms with Crippen molar-refractivity contribution in [3.63, 3.8) is 0 Å². The Balaban J connectivity index is 1.81. The normalized spacial score (nSPS) is 19.1. The summed E-state index contributed by atoms with van der Waals surface area (Å²) in [5.41, 5.74) is 9.72. The summed E-state index contributed by atoms with van der Waals surface area (Å²) >= 11 is 3.28. The second-order valence-corrected chi connectivity index (χ2v) is 6.71. The maximum atomic E-state index is 14.0. The van der Waals surface area contributed by atoms with Gasteiger partial charge in [-0.3, -0.25) is 0 Å². The van der Waals surface area contributed by atoms with Gasteiger partial charge in [-0.05, 0) is 54.9 Å². The average Bonchev–Trinajstić information content (AvgIpc) is 2.47. The van der Waals surface area contributed by atoms with Gasteiger partial charge in [0.25, 0.3) is 0 Å². The van der Waals surface area contributed by atoms with Gasteiger partial charge < -0.3 is 5.73 Å². The molecule has 2 N–H and O–H groups in total. The van der Waals surface area contributed by atoms with Crippen LogP contribution in [0.2, 0.25) is 0 Å². The molecule has 0 bridgehead atoms. The van der Waals surface area contributed by atoms with Gasteiger partial charge in [0.1, 0.15) is 5.82 Å². The van der Waals surface area contributed by atoms with Gasteiger partial charge in [0.15, 0.2) is 0 Å². The monoisotopic (exact) mass is 347 g/mol. The average molecular weight is 348 g/mol. The van der Waals surface area contributed by atoms with Crippen molar-refractivity contribution in [2.24, 2.45) is 5.73 Å². The molecule has 1 aliphatic rings. The molecule has 110 valence electrons. The Kier molecular flexibility index (Phi) is 4.41. The number of hydrogen-bond acceptors (Lipinski definition) is 1. The fourth-order valence-corrected chi connectivity index (χ4v) is 3.67. The van der Waals surface area contributed by atoms with Crippen LogP contribution in [0.25, 0.3) is 0 Å². The van der Waals surface area contributed by atoms with Gasteiger partial charge in [-0.15, -0.1) is 0 Å². The van der Waals surface area contributed by atoms with Gasteiger partial charge in [-0.1, -0.05) is 46.3 Å². The van der Waals surface area contributed by atoms with Crippen molar-refractivity contribution in [2.45, 2.75) is 37.6 Å². The maximum absolute atomic E-state index is 14.0. The van der Waals surface area contributed by atoms with E-state index in [0.29, 0.717) is 11.5 Å². The van der Waals surface area contributed by atoms with Crippen LogP contribution in [-0.4, -0.2) is 0 Å². The molecule has 0 aliphatic heterocycles. The highest BCUT2D eigenvalue weighted by atomic mass is 79.9. The standard InChI is InChI=1S/C18H19BrFN/c19-14-8-9-16(17(20)11-14)18(21)10-13-6-3-5-12-4-1-2-7-15(12)13/h1-2,4,7-9,11,13,18H,3,5-6,10,21H2. The Bertz CT molecular complexity index is 641. The van der Waals surface area contributed by atoms with E-state index in [1.165, 1.54) is 23.6 Å². The van der Waals surface area contributed by atoms with Crippen molar-refractivity contribution in [2.75, 3.05) is 0 Å². The summed E-state index contributed by atoms with van der Waals surface area (Å²) in [6, 6.07) is 13.5.